The van der Waals surface area contributed by atoms with Crippen LogP contribution in [0.5, 0.6) is 0 Å². The van der Waals surface area contributed by atoms with E-state index in [1.165, 1.54) is 27.7 Å². The van der Waals surface area contributed by atoms with Crippen molar-refractivity contribution in [2.45, 2.75) is 27.7 Å². The van der Waals surface area contributed by atoms with E-state index in [1.54, 1.807) is 0 Å². The second-order valence-electron chi connectivity index (χ2n) is 3.03. The van der Waals surface area contributed by atoms with Crippen LogP contribution in [0.15, 0.2) is 22.7 Å². The van der Waals surface area contributed by atoms with Crippen LogP contribution in [0.25, 0.3) is 0 Å². The molecule has 4 nitrogen and oxygen atoms in total. The molecule has 0 spiro atoms. The molecule has 0 aromatic rings. The summed E-state index contributed by atoms with van der Waals surface area (Å²) in [5, 5.41) is 18.4. The van der Waals surface area contributed by atoms with E-state index in [2.05, 4.69) is 0 Å². The number of rotatable bonds is 3. The van der Waals surface area contributed by atoms with Crippen molar-refractivity contribution in [1.82, 2.24) is 0 Å². The summed E-state index contributed by atoms with van der Waals surface area (Å²) in [5.41, 5.74) is -0.255. The molecule has 0 aromatic carbocycles. The van der Waals surface area contributed by atoms with Gasteiger partial charge < -0.3 is 10.2 Å². The molecule has 0 aliphatic carbocycles. The molecule has 0 aliphatic heterocycles. The summed E-state index contributed by atoms with van der Waals surface area (Å²) < 4.78 is 0. The quantitative estimate of drug-likeness (QED) is 0.412. The van der Waals surface area contributed by atoms with Gasteiger partial charge in [-0.15, -0.1) is 0 Å². The summed E-state index contributed by atoms with van der Waals surface area (Å²) >= 11 is 0. The van der Waals surface area contributed by atoms with Crippen LogP contribution in [0.1, 0.15) is 27.7 Å². The molecule has 0 bridgehead atoms. The van der Waals surface area contributed by atoms with Crippen LogP contribution in [0, 0.1) is 0 Å². The van der Waals surface area contributed by atoms with Gasteiger partial charge in [-0.05, 0) is 27.7 Å². The fourth-order valence-electron chi connectivity index (χ4n) is 1.22. The van der Waals surface area contributed by atoms with E-state index in [0.29, 0.717) is 0 Å². The van der Waals surface area contributed by atoms with E-state index in [4.69, 9.17) is 0 Å². The van der Waals surface area contributed by atoms with E-state index in [1.807, 2.05) is 0 Å². The summed E-state index contributed by atoms with van der Waals surface area (Å²) in [6.07, 6.45) is 0. The minimum absolute atomic E-state index is 0.127. The van der Waals surface area contributed by atoms with Crippen LogP contribution in [0.3, 0.4) is 0 Å². The highest BCUT2D eigenvalue weighted by molar-refractivity contribution is 6.11. The Hall–Kier alpha value is -1.58. The molecule has 0 unspecified atom stereocenters. The Morgan fingerprint density at radius 3 is 1.00 bits per heavy atom. The summed E-state index contributed by atoms with van der Waals surface area (Å²) in [7, 11) is 0. The third-order valence-corrected chi connectivity index (χ3v) is 1.68. The van der Waals surface area contributed by atoms with Gasteiger partial charge in [-0.3, -0.25) is 9.59 Å². The zero-order valence-electron chi connectivity index (χ0n) is 8.71. The van der Waals surface area contributed by atoms with Crippen molar-refractivity contribution in [3.05, 3.63) is 22.7 Å². The third-order valence-electron chi connectivity index (χ3n) is 1.68. The first-order valence-corrected chi connectivity index (χ1v) is 4.11. The summed E-state index contributed by atoms with van der Waals surface area (Å²) in [6.45, 7) is 5.03. The minimum Gasteiger partial charge on any atom is -0.512 e. The molecule has 78 valence electrons. The Morgan fingerprint density at radius 2 is 0.929 bits per heavy atom. The maximum absolute atomic E-state index is 11.1. The Balaban J connectivity index is 5.66. The fourth-order valence-corrected chi connectivity index (χ4v) is 1.22. The highest BCUT2D eigenvalue weighted by Gasteiger charge is 2.20. The second kappa shape index (κ2) is 4.60. The lowest BCUT2D eigenvalue weighted by molar-refractivity contribution is -0.116. The standard InChI is InChI=1S/C10H14O4/c1-5(11)9(6(2)12)10(7(3)13)8(4)14/h11,13H,1-4H3/b9-5-,10-7+. The third kappa shape index (κ3) is 2.73. The maximum atomic E-state index is 11.1. The van der Waals surface area contributed by atoms with Crippen LogP contribution in [-0.2, 0) is 9.59 Å². The molecule has 0 saturated carbocycles. The van der Waals surface area contributed by atoms with Crippen molar-refractivity contribution in [3.63, 3.8) is 0 Å². The van der Waals surface area contributed by atoms with Crippen molar-refractivity contribution >= 4 is 11.6 Å². The number of aliphatic hydroxyl groups is 2. The molecule has 0 saturated heterocycles. The van der Waals surface area contributed by atoms with Gasteiger partial charge in [0, 0.05) is 0 Å². The molecule has 0 atom stereocenters. The summed E-state index contributed by atoms with van der Waals surface area (Å²) in [6, 6.07) is 0. The van der Waals surface area contributed by atoms with Gasteiger partial charge in [-0.25, -0.2) is 0 Å². The van der Waals surface area contributed by atoms with E-state index in [-0.39, 0.29) is 22.7 Å². The number of carbonyl (C=O) groups is 2. The van der Waals surface area contributed by atoms with Gasteiger partial charge in [0.1, 0.15) is 11.5 Å². The van der Waals surface area contributed by atoms with E-state index >= 15 is 0 Å². The van der Waals surface area contributed by atoms with Gasteiger partial charge >= 0.3 is 0 Å². The monoisotopic (exact) mass is 198 g/mol. The number of hydrogen-bond acceptors (Lipinski definition) is 4. The molecule has 2 N–H and O–H groups in total. The number of aliphatic hydroxyl groups excluding tert-OH is 2. The lowest BCUT2D eigenvalue weighted by Crippen LogP contribution is -2.11. The molecular weight excluding hydrogens is 184 g/mol. The van der Waals surface area contributed by atoms with Gasteiger partial charge in [0.05, 0.1) is 11.1 Å². The second-order valence-corrected chi connectivity index (χ2v) is 3.03. The van der Waals surface area contributed by atoms with Crippen LogP contribution >= 0.6 is 0 Å². The van der Waals surface area contributed by atoms with Gasteiger partial charge in [-0.2, -0.15) is 0 Å². The first-order valence-electron chi connectivity index (χ1n) is 4.11. The Morgan fingerprint density at radius 1 is 0.714 bits per heavy atom. The van der Waals surface area contributed by atoms with Gasteiger partial charge in [0.25, 0.3) is 0 Å². The van der Waals surface area contributed by atoms with Gasteiger partial charge in [0.15, 0.2) is 11.6 Å². The molecule has 0 rings (SSSR count). The van der Waals surface area contributed by atoms with Gasteiger partial charge in [-0.1, -0.05) is 0 Å². The molecule has 0 aliphatic rings. The molecule has 4 heteroatoms. The molecule has 0 heterocycles. The zero-order valence-corrected chi connectivity index (χ0v) is 8.71. The minimum atomic E-state index is -0.455. The molecule has 0 fully saturated rings. The Kier molecular flexibility index (Phi) is 4.08. The number of carbonyl (C=O) groups excluding carboxylic acids is 2. The Labute approximate surface area is 82.6 Å². The van der Waals surface area contributed by atoms with Crippen molar-refractivity contribution in [3.8, 4) is 0 Å². The maximum Gasteiger partial charge on any atom is 0.164 e. The number of hydrogen-bond donors (Lipinski definition) is 2. The SMILES string of the molecule is CC(=O)C(=C(/C)O)/C(C(C)=O)=C(/C)O. The Bertz CT molecular complexity index is 292. The number of Topliss-reactive ketones (excluding diaryl/α,β-unsaturated/α-hetero) is 2. The lowest BCUT2D eigenvalue weighted by atomic mass is 9.97. The van der Waals surface area contributed by atoms with Crippen molar-refractivity contribution in [1.29, 1.82) is 0 Å². The predicted octanol–water partition coefficient (Wildman–Crippen LogP) is 1.83. The zero-order chi connectivity index (χ0) is 11.5. The predicted molar refractivity (Wildman–Crippen MR) is 52.0 cm³/mol. The average molecular weight is 198 g/mol. The molecule has 14 heavy (non-hydrogen) atoms. The van der Waals surface area contributed by atoms with Gasteiger partial charge in [0.2, 0.25) is 0 Å². The van der Waals surface area contributed by atoms with Crippen molar-refractivity contribution < 1.29 is 19.8 Å². The fraction of sp³-hybridized carbons (Fsp3) is 0.400. The molecule has 0 aromatic heterocycles. The highest BCUT2D eigenvalue weighted by Crippen LogP contribution is 2.18. The molecule has 0 radical (unpaired) electrons. The van der Waals surface area contributed by atoms with Crippen LogP contribution in [0.4, 0.5) is 0 Å². The smallest absolute Gasteiger partial charge is 0.164 e. The van der Waals surface area contributed by atoms with Crippen LogP contribution in [0.2, 0.25) is 0 Å². The normalized spacial score (nSPS) is 14.3. The summed E-state index contributed by atoms with van der Waals surface area (Å²) in [4.78, 5) is 22.2. The van der Waals surface area contributed by atoms with Crippen molar-refractivity contribution in [2.75, 3.05) is 0 Å². The van der Waals surface area contributed by atoms with Crippen molar-refractivity contribution in [2.24, 2.45) is 0 Å². The molecule has 0 amide bonds. The average Bonchev–Trinajstić information content (AvgIpc) is 1.96. The first kappa shape index (κ1) is 12.4. The summed E-state index contributed by atoms with van der Waals surface area (Å²) in [5.74, 6) is -1.44. The first-order chi connectivity index (χ1) is 6.29. The van der Waals surface area contributed by atoms with Crippen LogP contribution < -0.4 is 0 Å². The van der Waals surface area contributed by atoms with E-state index in [9.17, 15) is 19.8 Å². The molecular formula is C10H14O4. The largest absolute Gasteiger partial charge is 0.512 e. The number of ketones is 2. The number of allylic oxidation sites excluding steroid dienone is 4. The van der Waals surface area contributed by atoms with Crippen LogP contribution in [-0.4, -0.2) is 21.8 Å². The van der Waals surface area contributed by atoms with E-state index < -0.39 is 11.6 Å². The highest BCUT2D eigenvalue weighted by atomic mass is 16.3. The lowest BCUT2D eigenvalue weighted by Gasteiger charge is -2.08. The topological polar surface area (TPSA) is 74.6 Å². The van der Waals surface area contributed by atoms with E-state index in [0.717, 1.165) is 0 Å².